The average molecular weight is 588 g/mol. The van der Waals surface area contributed by atoms with Crippen LogP contribution in [-0.2, 0) is 25.6 Å². The van der Waals surface area contributed by atoms with Crippen LogP contribution >= 0.6 is 0 Å². The van der Waals surface area contributed by atoms with Gasteiger partial charge in [0.25, 0.3) is 5.91 Å². The second kappa shape index (κ2) is 14.8. The minimum absolute atomic E-state index is 0.0655. The van der Waals surface area contributed by atoms with Crippen molar-refractivity contribution in [1.29, 1.82) is 0 Å². The van der Waals surface area contributed by atoms with Gasteiger partial charge < -0.3 is 20.0 Å². The number of hydrogen-bond donors (Lipinski definition) is 2. The van der Waals surface area contributed by atoms with Gasteiger partial charge in [0.05, 0.1) is 12.1 Å². The lowest BCUT2D eigenvalue weighted by molar-refractivity contribution is -0.132. The van der Waals surface area contributed by atoms with E-state index in [1.807, 2.05) is 56.3 Å². The van der Waals surface area contributed by atoms with Crippen molar-refractivity contribution in [2.75, 3.05) is 0 Å². The lowest BCUT2D eigenvalue weighted by Crippen LogP contribution is -2.46. The molecule has 4 atom stereocenters. The van der Waals surface area contributed by atoms with E-state index in [-0.39, 0.29) is 48.4 Å². The number of aromatic nitrogens is 1. The number of carbonyl (C=O) groups excluding carboxylic acids is 5. The van der Waals surface area contributed by atoms with Gasteiger partial charge in [0.2, 0.25) is 5.91 Å². The van der Waals surface area contributed by atoms with Gasteiger partial charge in [-0.3, -0.25) is 19.2 Å². The highest BCUT2D eigenvalue weighted by atomic mass is 16.5. The molecular formula is C34H41N3O6. The van der Waals surface area contributed by atoms with Crippen molar-refractivity contribution in [2.45, 2.75) is 84.2 Å². The molecule has 1 saturated carbocycles. The van der Waals surface area contributed by atoms with Crippen LogP contribution in [0.2, 0.25) is 0 Å². The summed E-state index contributed by atoms with van der Waals surface area (Å²) >= 11 is 0. The van der Waals surface area contributed by atoms with Crippen molar-refractivity contribution >= 4 is 40.4 Å². The topological polar surface area (TPSA) is 135 Å². The first-order valence-corrected chi connectivity index (χ1v) is 15.2. The average Bonchev–Trinajstić information content (AvgIpc) is 3.43. The number of ketones is 2. The van der Waals surface area contributed by atoms with Crippen LogP contribution in [0.1, 0.15) is 80.6 Å². The Kier molecular flexibility index (Phi) is 11.0. The van der Waals surface area contributed by atoms with Crippen molar-refractivity contribution in [3.63, 3.8) is 0 Å². The van der Waals surface area contributed by atoms with Gasteiger partial charge in [0.15, 0.2) is 11.5 Å². The van der Waals surface area contributed by atoms with Gasteiger partial charge in [-0.05, 0) is 54.9 Å². The number of carbonyl (C=O) groups is 5. The van der Waals surface area contributed by atoms with Crippen LogP contribution in [-0.4, -0.2) is 46.9 Å². The first kappa shape index (κ1) is 31.8. The van der Waals surface area contributed by atoms with E-state index in [2.05, 4.69) is 15.8 Å². The molecule has 0 bridgehead atoms. The van der Waals surface area contributed by atoms with Crippen molar-refractivity contribution in [3.05, 3.63) is 65.5 Å². The number of nitrogens with zero attached hydrogens (tertiary/aromatic N) is 1. The zero-order valence-corrected chi connectivity index (χ0v) is 25.1. The van der Waals surface area contributed by atoms with E-state index in [9.17, 15) is 24.0 Å². The molecule has 0 saturated heterocycles. The van der Waals surface area contributed by atoms with Crippen LogP contribution in [0.4, 0.5) is 0 Å². The Morgan fingerprint density at radius 2 is 1.84 bits per heavy atom. The summed E-state index contributed by atoms with van der Waals surface area (Å²) < 4.78 is 5.05. The molecule has 2 amide bonds. The second-order valence-corrected chi connectivity index (χ2v) is 12.1. The third-order valence-electron chi connectivity index (χ3n) is 8.14. The number of rotatable bonds is 14. The fourth-order valence-corrected chi connectivity index (χ4v) is 5.94. The molecule has 9 nitrogen and oxygen atoms in total. The molecule has 1 aliphatic rings. The van der Waals surface area contributed by atoms with Gasteiger partial charge >= 0.3 is 0 Å². The predicted molar refractivity (Wildman–Crippen MR) is 162 cm³/mol. The lowest BCUT2D eigenvalue weighted by atomic mass is 9.83. The Hall–Kier alpha value is -4.14. The van der Waals surface area contributed by atoms with Crippen molar-refractivity contribution < 1.29 is 28.5 Å². The van der Waals surface area contributed by atoms with E-state index < -0.39 is 29.8 Å². The Bertz CT molecular complexity index is 1460. The van der Waals surface area contributed by atoms with E-state index in [4.69, 9.17) is 4.52 Å². The van der Waals surface area contributed by atoms with Gasteiger partial charge in [-0.1, -0.05) is 67.9 Å². The summed E-state index contributed by atoms with van der Waals surface area (Å²) in [5, 5.41) is 11.4. The van der Waals surface area contributed by atoms with E-state index in [1.165, 1.54) is 6.07 Å². The maximum atomic E-state index is 13.9. The SMILES string of the molecule is Cc1cc(C(=O)N[C@@H](Cc2cccc3ccccc23)C(=O)C[C@@H](CC(C)C)C(=O)N[C@H](C=O)C[C@@H]2CCCCC2=O)no1. The minimum atomic E-state index is -0.931. The third kappa shape index (κ3) is 8.69. The van der Waals surface area contributed by atoms with Crippen LogP contribution < -0.4 is 10.6 Å². The zero-order valence-electron chi connectivity index (χ0n) is 25.1. The van der Waals surface area contributed by atoms with E-state index in [0.29, 0.717) is 31.3 Å². The number of benzene rings is 2. The summed E-state index contributed by atoms with van der Waals surface area (Å²) in [4.78, 5) is 64.7. The Morgan fingerprint density at radius 1 is 1.07 bits per heavy atom. The van der Waals surface area contributed by atoms with Gasteiger partial charge in [0.1, 0.15) is 17.8 Å². The molecule has 0 spiro atoms. The zero-order chi connectivity index (χ0) is 30.9. The number of nitrogens with one attached hydrogen (secondary N) is 2. The van der Waals surface area contributed by atoms with Crippen LogP contribution in [0.5, 0.6) is 0 Å². The molecule has 1 aliphatic carbocycles. The minimum Gasteiger partial charge on any atom is -0.361 e. The Morgan fingerprint density at radius 3 is 2.53 bits per heavy atom. The molecular weight excluding hydrogens is 546 g/mol. The monoisotopic (exact) mass is 587 g/mol. The molecule has 9 heteroatoms. The van der Waals surface area contributed by atoms with Crippen LogP contribution in [0.15, 0.2) is 53.1 Å². The lowest BCUT2D eigenvalue weighted by Gasteiger charge is -2.26. The van der Waals surface area contributed by atoms with Gasteiger partial charge in [-0.25, -0.2) is 0 Å². The predicted octanol–water partition coefficient (Wildman–Crippen LogP) is 4.93. The molecule has 0 aliphatic heterocycles. The first-order chi connectivity index (χ1) is 20.6. The molecule has 1 aromatic heterocycles. The maximum Gasteiger partial charge on any atom is 0.274 e. The Labute approximate surface area is 252 Å². The molecule has 2 N–H and O–H groups in total. The second-order valence-electron chi connectivity index (χ2n) is 12.1. The third-order valence-corrected chi connectivity index (χ3v) is 8.14. The van der Waals surface area contributed by atoms with Gasteiger partial charge in [0, 0.05) is 37.2 Å². The fraction of sp³-hybridized carbons (Fsp3) is 0.471. The Balaban J connectivity index is 1.54. The molecule has 1 fully saturated rings. The highest BCUT2D eigenvalue weighted by Gasteiger charge is 2.32. The summed E-state index contributed by atoms with van der Waals surface area (Å²) in [6.45, 7) is 5.60. The highest BCUT2D eigenvalue weighted by molar-refractivity contribution is 5.98. The van der Waals surface area contributed by atoms with Crippen LogP contribution in [0.25, 0.3) is 10.8 Å². The van der Waals surface area contributed by atoms with Gasteiger partial charge in [-0.15, -0.1) is 0 Å². The van der Waals surface area contributed by atoms with Gasteiger partial charge in [-0.2, -0.15) is 0 Å². The number of fused-ring (bicyclic) bond motifs is 1. The number of hydrogen-bond acceptors (Lipinski definition) is 7. The molecule has 43 heavy (non-hydrogen) atoms. The van der Waals surface area contributed by atoms with Crippen molar-refractivity contribution in [3.8, 4) is 0 Å². The smallest absolute Gasteiger partial charge is 0.274 e. The molecule has 0 unspecified atom stereocenters. The van der Waals surface area contributed by atoms with E-state index in [1.54, 1.807) is 6.92 Å². The molecule has 3 aromatic rings. The molecule has 228 valence electrons. The number of amides is 2. The molecule has 4 rings (SSSR count). The number of aryl methyl sites for hydroxylation is 1. The first-order valence-electron chi connectivity index (χ1n) is 15.2. The largest absolute Gasteiger partial charge is 0.361 e. The summed E-state index contributed by atoms with van der Waals surface area (Å²) in [5.74, 6) is -1.49. The summed E-state index contributed by atoms with van der Waals surface area (Å²) in [7, 11) is 0. The fourth-order valence-electron chi connectivity index (χ4n) is 5.94. The van der Waals surface area contributed by atoms with Crippen LogP contribution in [0.3, 0.4) is 0 Å². The number of aldehydes is 1. The summed E-state index contributed by atoms with van der Waals surface area (Å²) in [6.07, 6.45) is 4.48. The van der Waals surface area contributed by atoms with E-state index >= 15 is 0 Å². The molecule has 2 aromatic carbocycles. The van der Waals surface area contributed by atoms with Crippen LogP contribution in [0, 0.1) is 24.7 Å². The molecule has 1 heterocycles. The standard InChI is InChI=1S/C34H41N3O6/c1-21(2)15-26(33(41)35-27(20-38)17-25-10-5-7-14-31(25)39)19-32(40)29(36-34(42)30-16-22(3)43-37-30)18-24-12-8-11-23-9-4-6-13-28(23)24/h4,6,8-9,11-13,16,20-21,25-27,29H,5,7,10,14-15,17-19H2,1-3H3,(H,35,41)(H,36,42)/t25-,26+,27-,29-/m0/s1. The van der Waals surface area contributed by atoms with E-state index in [0.717, 1.165) is 29.2 Å². The maximum absolute atomic E-state index is 13.9. The normalized spacial score (nSPS) is 17.3. The summed E-state index contributed by atoms with van der Waals surface area (Å²) in [5.41, 5.74) is 0.951. The molecule has 0 radical (unpaired) electrons. The summed E-state index contributed by atoms with van der Waals surface area (Å²) in [6, 6.07) is 13.4. The quantitative estimate of drug-likeness (QED) is 0.255. The number of Topliss-reactive ketones (excluding diaryl/α,β-unsaturated/α-hetero) is 2. The highest BCUT2D eigenvalue weighted by Crippen LogP contribution is 2.26. The van der Waals surface area contributed by atoms with Crippen molar-refractivity contribution in [2.24, 2.45) is 17.8 Å². The van der Waals surface area contributed by atoms with Crippen molar-refractivity contribution in [1.82, 2.24) is 15.8 Å².